The third-order valence-electron chi connectivity index (χ3n) is 3.73. The zero-order valence-electron chi connectivity index (χ0n) is 12.9. The molecule has 0 aliphatic carbocycles. The van der Waals surface area contributed by atoms with Crippen molar-refractivity contribution >= 4 is 34.2 Å². The number of nitrogens with one attached hydrogen (secondary N) is 2. The molecule has 2 heterocycles. The molecule has 0 fully saturated rings. The first-order valence-electron chi connectivity index (χ1n) is 7.54. The van der Waals surface area contributed by atoms with E-state index in [1.807, 2.05) is 48.5 Å². The number of H-pyrrole nitrogens is 1. The fraction of sp³-hybridized carbons (Fsp3) is 0. The van der Waals surface area contributed by atoms with Crippen LogP contribution in [0.2, 0.25) is 5.15 Å². The molecular formula is C18H12ClN5O. The minimum atomic E-state index is -0.337. The Morgan fingerprint density at radius 2 is 1.84 bits per heavy atom. The van der Waals surface area contributed by atoms with Gasteiger partial charge in [0.15, 0.2) is 5.15 Å². The molecule has 25 heavy (non-hydrogen) atoms. The lowest BCUT2D eigenvalue weighted by atomic mass is 10.2. The fourth-order valence-corrected chi connectivity index (χ4v) is 2.68. The molecule has 2 aromatic carbocycles. The van der Waals surface area contributed by atoms with Crippen LogP contribution >= 0.6 is 11.6 Å². The van der Waals surface area contributed by atoms with E-state index in [2.05, 4.69) is 25.5 Å². The maximum absolute atomic E-state index is 12.2. The van der Waals surface area contributed by atoms with Gasteiger partial charge in [0.1, 0.15) is 5.82 Å². The Bertz CT molecular complexity index is 1030. The lowest BCUT2D eigenvalue weighted by Gasteiger charge is -2.06. The van der Waals surface area contributed by atoms with E-state index in [0.717, 1.165) is 22.4 Å². The summed E-state index contributed by atoms with van der Waals surface area (Å²) in [6.45, 7) is 0. The van der Waals surface area contributed by atoms with Crippen LogP contribution in [0.4, 0.5) is 5.69 Å². The first kappa shape index (κ1) is 15.3. The number of aromatic amines is 1. The number of carbonyl (C=O) groups is 1. The molecule has 7 heteroatoms. The number of halogens is 1. The molecule has 0 spiro atoms. The van der Waals surface area contributed by atoms with E-state index in [0.29, 0.717) is 5.69 Å². The SMILES string of the molecule is O=C(Nc1ccc(-c2nc3ccccc3[nH]2)cc1)c1ccnnc1Cl. The predicted molar refractivity (Wildman–Crippen MR) is 96.5 cm³/mol. The van der Waals surface area contributed by atoms with Crippen molar-refractivity contribution in [1.29, 1.82) is 0 Å². The van der Waals surface area contributed by atoms with Gasteiger partial charge in [-0.3, -0.25) is 4.79 Å². The summed E-state index contributed by atoms with van der Waals surface area (Å²) in [5, 5.41) is 10.1. The first-order valence-corrected chi connectivity index (χ1v) is 7.92. The molecule has 6 nitrogen and oxygen atoms in total. The second-order valence-corrected chi connectivity index (χ2v) is 5.73. The molecule has 4 aromatic rings. The van der Waals surface area contributed by atoms with Gasteiger partial charge in [-0.1, -0.05) is 23.7 Å². The molecule has 0 saturated heterocycles. The van der Waals surface area contributed by atoms with Crippen molar-refractivity contribution < 1.29 is 4.79 Å². The number of amides is 1. The fourth-order valence-electron chi connectivity index (χ4n) is 2.48. The van der Waals surface area contributed by atoms with E-state index >= 15 is 0 Å². The molecule has 0 saturated carbocycles. The maximum Gasteiger partial charge on any atom is 0.258 e. The van der Waals surface area contributed by atoms with Crippen LogP contribution in [0.25, 0.3) is 22.4 Å². The van der Waals surface area contributed by atoms with Crippen molar-refractivity contribution in [3.8, 4) is 11.4 Å². The summed E-state index contributed by atoms with van der Waals surface area (Å²) in [7, 11) is 0. The van der Waals surface area contributed by atoms with E-state index in [9.17, 15) is 4.79 Å². The molecule has 4 rings (SSSR count). The van der Waals surface area contributed by atoms with E-state index in [-0.39, 0.29) is 16.6 Å². The average Bonchev–Trinajstić information content (AvgIpc) is 3.07. The number of fused-ring (bicyclic) bond motifs is 1. The first-order chi connectivity index (χ1) is 12.2. The van der Waals surface area contributed by atoms with Gasteiger partial charge >= 0.3 is 0 Å². The lowest BCUT2D eigenvalue weighted by Crippen LogP contribution is -2.13. The molecule has 0 bridgehead atoms. The summed E-state index contributed by atoms with van der Waals surface area (Å²) in [6.07, 6.45) is 1.42. The maximum atomic E-state index is 12.2. The largest absolute Gasteiger partial charge is 0.338 e. The molecule has 122 valence electrons. The highest BCUT2D eigenvalue weighted by molar-refractivity contribution is 6.33. The van der Waals surface area contributed by atoms with E-state index in [4.69, 9.17) is 11.6 Å². The summed E-state index contributed by atoms with van der Waals surface area (Å²) in [6, 6.07) is 16.8. The molecule has 1 amide bonds. The molecular weight excluding hydrogens is 338 g/mol. The third-order valence-corrected chi connectivity index (χ3v) is 4.01. The van der Waals surface area contributed by atoms with Gasteiger partial charge in [-0.15, -0.1) is 5.10 Å². The van der Waals surface area contributed by atoms with Gasteiger partial charge in [0.2, 0.25) is 0 Å². The van der Waals surface area contributed by atoms with Crippen LogP contribution < -0.4 is 5.32 Å². The van der Waals surface area contributed by atoms with Crippen molar-refractivity contribution in [1.82, 2.24) is 20.2 Å². The van der Waals surface area contributed by atoms with Crippen LogP contribution in [-0.2, 0) is 0 Å². The molecule has 0 aliphatic rings. The molecule has 2 aromatic heterocycles. The molecule has 0 atom stereocenters. The number of benzene rings is 2. The van der Waals surface area contributed by atoms with Crippen molar-refractivity contribution in [2.75, 3.05) is 5.32 Å². The molecule has 2 N–H and O–H groups in total. The van der Waals surface area contributed by atoms with Gasteiger partial charge in [-0.2, -0.15) is 5.10 Å². The molecule has 0 unspecified atom stereocenters. The van der Waals surface area contributed by atoms with Crippen LogP contribution in [0.1, 0.15) is 10.4 Å². The van der Waals surface area contributed by atoms with Crippen molar-refractivity contribution in [2.45, 2.75) is 0 Å². The second-order valence-electron chi connectivity index (χ2n) is 5.37. The summed E-state index contributed by atoms with van der Waals surface area (Å²) in [5.41, 5.74) is 3.75. The quantitative estimate of drug-likeness (QED) is 0.587. The number of aromatic nitrogens is 4. The van der Waals surface area contributed by atoms with Gasteiger partial charge in [0, 0.05) is 11.3 Å². The van der Waals surface area contributed by atoms with Gasteiger partial charge in [-0.05, 0) is 42.5 Å². The number of hydrogen-bond donors (Lipinski definition) is 2. The normalized spacial score (nSPS) is 10.8. The lowest BCUT2D eigenvalue weighted by molar-refractivity contribution is 0.102. The number of anilines is 1. The van der Waals surface area contributed by atoms with E-state index < -0.39 is 0 Å². The van der Waals surface area contributed by atoms with Crippen molar-refractivity contribution in [3.63, 3.8) is 0 Å². The second kappa shape index (κ2) is 6.33. The zero-order chi connectivity index (χ0) is 17.2. The predicted octanol–water partition coefficient (Wildman–Crippen LogP) is 3.93. The van der Waals surface area contributed by atoms with Crippen LogP contribution in [0, 0.1) is 0 Å². The Morgan fingerprint density at radius 3 is 2.60 bits per heavy atom. The van der Waals surface area contributed by atoms with Gasteiger partial charge < -0.3 is 10.3 Å². The van der Waals surface area contributed by atoms with Crippen molar-refractivity contribution in [2.24, 2.45) is 0 Å². The number of imidazole rings is 1. The van der Waals surface area contributed by atoms with Crippen LogP contribution in [0.3, 0.4) is 0 Å². The van der Waals surface area contributed by atoms with Crippen LogP contribution in [-0.4, -0.2) is 26.1 Å². The topological polar surface area (TPSA) is 83.6 Å². The minimum absolute atomic E-state index is 0.0684. The highest BCUT2D eigenvalue weighted by Crippen LogP contribution is 2.22. The average molecular weight is 350 g/mol. The van der Waals surface area contributed by atoms with Crippen LogP contribution in [0.5, 0.6) is 0 Å². The Kier molecular flexibility index (Phi) is 3.87. The van der Waals surface area contributed by atoms with Crippen LogP contribution in [0.15, 0.2) is 60.8 Å². The highest BCUT2D eigenvalue weighted by atomic mass is 35.5. The zero-order valence-corrected chi connectivity index (χ0v) is 13.7. The monoisotopic (exact) mass is 349 g/mol. The number of carbonyl (C=O) groups excluding carboxylic acids is 1. The third kappa shape index (κ3) is 3.07. The summed E-state index contributed by atoms with van der Waals surface area (Å²) < 4.78 is 0. The Hall–Kier alpha value is -3.25. The molecule has 0 radical (unpaired) electrons. The number of nitrogens with zero attached hydrogens (tertiary/aromatic N) is 3. The van der Waals surface area contributed by atoms with E-state index in [1.165, 1.54) is 12.3 Å². The smallest absolute Gasteiger partial charge is 0.258 e. The standard InChI is InChI=1S/C18H12ClN5O/c19-16-13(9-10-20-24-16)18(25)21-12-7-5-11(6-8-12)17-22-14-3-1-2-4-15(14)23-17/h1-10H,(H,21,25)(H,22,23). The van der Waals surface area contributed by atoms with Gasteiger partial charge in [-0.25, -0.2) is 4.98 Å². The number of rotatable bonds is 3. The van der Waals surface area contributed by atoms with Gasteiger partial charge in [0.05, 0.1) is 22.8 Å². The summed E-state index contributed by atoms with van der Waals surface area (Å²) in [4.78, 5) is 20.1. The highest BCUT2D eigenvalue weighted by Gasteiger charge is 2.12. The Morgan fingerprint density at radius 1 is 1.04 bits per heavy atom. The summed E-state index contributed by atoms with van der Waals surface area (Å²) >= 11 is 5.88. The summed E-state index contributed by atoms with van der Waals surface area (Å²) in [5.74, 6) is 0.442. The van der Waals surface area contributed by atoms with Crippen molar-refractivity contribution in [3.05, 3.63) is 71.5 Å². The Balaban J connectivity index is 1.56. The van der Waals surface area contributed by atoms with Gasteiger partial charge in [0.25, 0.3) is 5.91 Å². The number of hydrogen-bond acceptors (Lipinski definition) is 4. The Labute approximate surface area is 147 Å². The van der Waals surface area contributed by atoms with E-state index in [1.54, 1.807) is 0 Å². The minimum Gasteiger partial charge on any atom is -0.338 e. The number of para-hydroxylation sites is 2. The molecule has 0 aliphatic heterocycles.